The van der Waals surface area contributed by atoms with Gasteiger partial charge in [-0.2, -0.15) is 0 Å². The van der Waals surface area contributed by atoms with Crippen molar-refractivity contribution in [1.29, 1.82) is 0 Å². The van der Waals surface area contributed by atoms with Crippen molar-refractivity contribution in [2.75, 3.05) is 0 Å². The van der Waals surface area contributed by atoms with Crippen LogP contribution in [0.5, 0.6) is 0 Å². The normalized spacial score (nSPS) is 10.9. The topological polar surface area (TPSA) is 43.3 Å². The van der Waals surface area contributed by atoms with Crippen molar-refractivity contribution in [3.05, 3.63) is 23.5 Å². The Morgan fingerprint density at radius 3 is 3.40 bits per heavy atom. The molecule has 0 aromatic carbocycles. The fraction of sp³-hybridized carbons (Fsp3) is 0.167. The summed E-state index contributed by atoms with van der Waals surface area (Å²) < 4.78 is 2.00. The smallest absolute Gasteiger partial charge is 0.193 e. The number of aromatic nitrogens is 2. The molecule has 3 nitrogen and oxygen atoms in total. The fourth-order valence-electron chi connectivity index (χ4n) is 0.927. The number of nitrogens with two attached hydrogens (primary N) is 1. The molecule has 0 aliphatic heterocycles. The minimum Gasteiger partial charge on any atom is -0.325 e. The van der Waals surface area contributed by atoms with Gasteiger partial charge in [-0.05, 0) is 0 Å². The number of rotatable bonds is 1. The zero-order chi connectivity index (χ0) is 6.97. The standard InChI is InChI=1S/C6H7N3S/c7-3-5-4-8-6-9(5)1-2-10-6/h1-2,4H,3,7H2. The lowest BCUT2D eigenvalue weighted by Crippen LogP contribution is -1.98. The average Bonchev–Trinajstić information content (AvgIpc) is 2.44. The van der Waals surface area contributed by atoms with Crippen LogP contribution in [0.15, 0.2) is 17.8 Å². The van der Waals surface area contributed by atoms with E-state index in [1.54, 1.807) is 11.3 Å². The molecule has 10 heavy (non-hydrogen) atoms. The molecule has 2 N–H and O–H groups in total. The third kappa shape index (κ3) is 0.661. The van der Waals surface area contributed by atoms with Gasteiger partial charge in [-0.15, -0.1) is 11.3 Å². The number of hydrogen-bond acceptors (Lipinski definition) is 3. The second-order valence-corrected chi connectivity index (χ2v) is 2.88. The SMILES string of the molecule is NCc1cnc2sccn12. The molecule has 0 bridgehead atoms. The van der Waals surface area contributed by atoms with Crippen LogP contribution in [0.25, 0.3) is 4.96 Å². The summed E-state index contributed by atoms with van der Waals surface area (Å²) in [4.78, 5) is 5.17. The Morgan fingerprint density at radius 1 is 1.70 bits per heavy atom. The lowest BCUT2D eigenvalue weighted by Gasteiger charge is -1.88. The summed E-state index contributed by atoms with van der Waals surface area (Å²) in [7, 11) is 0. The lowest BCUT2D eigenvalue weighted by atomic mass is 10.5. The van der Waals surface area contributed by atoms with Gasteiger partial charge in [-0.3, -0.25) is 4.40 Å². The Morgan fingerprint density at radius 2 is 2.60 bits per heavy atom. The zero-order valence-corrected chi connectivity index (χ0v) is 6.14. The predicted octanol–water partition coefficient (Wildman–Crippen LogP) is 0.854. The summed E-state index contributed by atoms with van der Waals surface area (Å²) in [6.45, 7) is 0.553. The van der Waals surface area contributed by atoms with Crippen molar-refractivity contribution < 1.29 is 0 Å². The fourth-order valence-corrected chi connectivity index (χ4v) is 1.64. The number of fused-ring (bicyclic) bond motifs is 1. The maximum absolute atomic E-state index is 5.46. The Labute approximate surface area is 62.1 Å². The molecular formula is C6H7N3S. The minimum atomic E-state index is 0.553. The summed E-state index contributed by atoms with van der Waals surface area (Å²) in [5.74, 6) is 0. The highest BCUT2D eigenvalue weighted by Gasteiger charge is 1.99. The molecule has 0 spiro atoms. The highest BCUT2D eigenvalue weighted by Crippen LogP contribution is 2.11. The molecule has 0 amide bonds. The number of hydrogen-bond donors (Lipinski definition) is 1. The van der Waals surface area contributed by atoms with Gasteiger partial charge in [0.2, 0.25) is 0 Å². The second-order valence-electron chi connectivity index (χ2n) is 2.01. The third-order valence-corrected chi connectivity index (χ3v) is 2.20. The van der Waals surface area contributed by atoms with E-state index < -0.39 is 0 Å². The Bertz CT molecular complexity index is 335. The summed E-state index contributed by atoms with van der Waals surface area (Å²) in [5, 5.41) is 2.00. The Balaban J connectivity index is 2.76. The van der Waals surface area contributed by atoms with E-state index in [4.69, 9.17) is 5.73 Å². The highest BCUT2D eigenvalue weighted by atomic mass is 32.1. The van der Waals surface area contributed by atoms with E-state index in [1.807, 2.05) is 22.2 Å². The first-order valence-corrected chi connectivity index (χ1v) is 3.89. The first-order valence-electron chi connectivity index (χ1n) is 3.01. The molecule has 0 radical (unpaired) electrons. The molecular weight excluding hydrogens is 146 g/mol. The molecule has 2 aromatic rings. The first kappa shape index (κ1) is 5.88. The van der Waals surface area contributed by atoms with Crippen LogP contribution >= 0.6 is 11.3 Å². The Kier molecular flexibility index (Phi) is 1.22. The van der Waals surface area contributed by atoms with Crippen LogP contribution in [-0.4, -0.2) is 9.38 Å². The molecule has 2 heterocycles. The molecule has 2 rings (SSSR count). The minimum absolute atomic E-state index is 0.553. The van der Waals surface area contributed by atoms with Crippen LogP contribution in [0.3, 0.4) is 0 Å². The van der Waals surface area contributed by atoms with E-state index in [9.17, 15) is 0 Å². The molecule has 4 heteroatoms. The van der Waals surface area contributed by atoms with Gasteiger partial charge < -0.3 is 5.73 Å². The van der Waals surface area contributed by atoms with E-state index >= 15 is 0 Å². The van der Waals surface area contributed by atoms with E-state index in [-0.39, 0.29) is 0 Å². The maximum Gasteiger partial charge on any atom is 0.193 e. The predicted molar refractivity (Wildman–Crippen MR) is 41.0 cm³/mol. The largest absolute Gasteiger partial charge is 0.325 e. The van der Waals surface area contributed by atoms with Crippen molar-refractivity contribution in [2.45, 2.75) is 6.54 Å². The zero-order valence-electron chi connectivity index (χ0n) is 5.32. The molecule has 0 saturated carbocycles. The van der Waals surface area contributed by atoms with Crippen molar-refractivity contribution in [3.8, 4) is 0 Å². The van der Waals surface area contributed by atoms with Crippen LogP contribution in [0, 0.1) is 0 Å². The molecule has 0 aliphatic rings. The van der Waals surface area contributed by atoms with Gasteiger partial charge in [0.05, 0.1) is 11.9 Å². The van der Waals surface area contributed by atoms with Gasteiger partial charge in [0.1, 0.15) is 0 Å². The number of imidazole rings is 1. The van der Waals surface area contributed by atoms with Crippen LogP contribution in [0.4, 0.5) is 0 Å². The molecule has 0 aliphatic carbocycles. The number of thiazole rings is 1. The van der Waals surface area contributed by atoms with Gasteiger partial charge in [0, 0.05) is 18.1 Å². The third-order valence-electron chi connectivity index (χ3n) is 1.43. The van der Waals surface area contributed by atoms with Gasteiger partial charge in [0.25, 0.3) is 0 Å². The quantitative estimate of drug-likeness (QED) is 0.660. The molecule has 0 atom stereocenters. The van der Waals surface area contributed by atoms with Crippen molar-refractivity contribution in [3.63, 3.8) is 0 Å². The van der Waals surface area contributed by atoms with E-state index in [2.05, 4.69) is 4.98 Å². The van der Waals surface area contributed by atoms with Gasteiger partial charge in [-0.25, -0.2) is 4.98 Å². The molecule has 0 unspecified atom stereocenters. The molecule has 2 aromatic heterocycles. The molecule has 52 valence electrons. The number of nitrogens with zero attached hydrogens (tertiary/aromatic N) is 2. The summed E-state index contributed by atoms with van der Waals surface area (Å²) in [5.41, 5.74) is 6.53. The van der Waals surface area contributed by atoms with Gasteiger partial charge in [0.15, 0.2) is 4.96 Å². The summed E-state index contributed by atoms with van der Waals surface area (Å²) >= 11 is 1.62. The summed E-state index contributed by atoms with van der Waals surface area (Å²) in [6.07, 6.45) is 3.79. The summed E-state index contributed by atoms with van der Waals surface area (Å²) in [6, 6.07) is 0. The lowest BCUT2D eigenvalue weighted by molar-refractivity contribution is 0.967. The Hall–Kier alpha value is -0.870. The van der Waals surface area contributed by atoms with E-state index in [1.165, 1.54) is 0 Å². The van der Waals surface area contributed by atoms with E-state index in [0.717, 1.165) is 10.7 Å². The van der Waals surface area contributed by atoms with Crippen LogP contribution in [0.2, 0.25) is 0 Å². The van der Waals surface area contributed by atoms with Crippen molar-refractivity contribution >= 4 is 16.3 Å². The maximum atomic E-state index is 5.46. The molecule has 0 saturated heterocycles. The first-order chi connectivity index (χ1) is 4.92. The van der Waals surface area contributed by atoms with Crippen LogP contribution in [0.1, 0.15) is 5.69 Å². The van der Waals surface area contributed by atoms with Gasteiger partial charge >= 0.3 is 0 Å². The van der Waals surface area contributed by atoms with Crippen molar-refractivity contribution in [1.82, 2.24) is 9.38 Å². The average molecular weight is 153 g/mol. The van der Waals surface area contributed by atoms with Crippen LogP contribution in [-0.2, 0) is 6.54 Å². The second kappa shape index (κ2) is 2.07. The van der Waals surface area contributed by atoms with Crippen LogP contribution < -0.4 is 5.73 Å². The van der Waals surface area contributed by atoms with E-state index in [0.29, 0.717) is 6.54 Å². The van der Waals surface area contributed by atoms with Gasteiger partial charge in [-0.1, -0.05) is 0 Å². The monoisotopic (exact) mass is 153 g/mol. The molecule has 0 fully saturated rings. The van der Waals surface area contributed by atoms with Crippen molar-refractivity contribution in [2.24, 2.45) is 5.73 Å². The highest BCUT2D eigenvalue weighted by molar-refractivity contribution is 7.15.